The molecule has 0 aliphatic heterocycles. The molecule has 0 aliphatic rings. The molecule has 0 radical (unpaired) electrons. The lowest BCUT2D eigenvalue weighted by atomic mass is 10.0. The van der Waals surface area contributed by atoms with Crippen molar-refractivity contribution in [2.45, 2.75) is 33.1 Å². The zero-order chi connectivity index (χ0) is 16.9. The number of nitrogens with zero attached hydrogens (tertiary/aromatic N) is 1. The molecular formula is C20H22N2OS. The normalized spacial score (nSPS) is 10.9. The Hall–Kier alpha value is -2.20. The summed E-state index contributed by atoms with van der Waals surface area (Å²) in [6.45, 7) is 4.92. The summed E-state index contributed by atoms with van der Waals surface area (Å²) >= 11 is 1.64. The molecule has 1 N–H and O–H groups in total. The number of unbranched alkanes of at least 4 members (excludes halogenated alkanes) is 2. The topological polar surface area (TPSA) is 42.0 Å². The van der Waals surface area contributed by atoms with Crippen LogP contribution in [0.15, 0.2) is 41.1 Å². The van der Waals surface area contributed by atoms with E-state index < -0.39 is 0 Å². The molecule has 2 heterocycles. The highest BCUT2D eigenvalue weighted by Crippen LogP contribution is 2.27. The fraction of sp³-hybridized carbons (Fsp3) is 0.300. The standard InChI is InChI=1S/C20H22N2OS/c1-3-4-5-9-21-20(23)17-12-19(15-8-10-24-13-15)22-18-7-6-14(2)11-16(17)18/h6-8,10-13H,3-5,9H2,1-2H3,(H,21,23). The lowest BCUT2D eigenvalue weighted by Gasteiger charge is -2.10. The highest BCUT2D eigenvalue weighted by atomic mass is 32.1. The van der Waals surface area contributed by atoms with E-state index >= 15 is 0 Å². The minimum Gasteiger partial charge on any atom is -0.352 e. The average Bonchev–Trinajstić information content (AvgIpc) is 3.12. The number of fused-ring (bicyclic) bond motifs is 1. The van der Waals surface area contributed by atoms with E-state index in [-0.39, 0.29) is 5.91 Å². The minimum absolute atomic E-state index is 0.0133. The van der Waals surface area contributed by atoms with E-state index in [9.17, 15) is 4.79 Å². The Labute approximate surface area is 146 Å². The fourth-order valence-electron chi connectivity index (χ4n) is 2.76. The summed E-state index contributed by atoms with van der Waals surface area (Å²) in [7, 11) is 0. The van der Waals surface area contributed by atoms with Crippen molar-refractivity contribution in [3.8, 4) is 11.3 Å². The van der Waals surface area contributed by atoms with E-state index in [1.54, 1.807) is 11.3 Å². The van der Waals surface area contributed by atoms with Crippen molar-refractivity contribution in [1.29, 1.82) is 0 Å². The summed E-state index contributed by atoms with van der Waals surface area (Å²) in [4.78, 5) is 17.5. The third-order valence-corrected chi connectivity index (χ3v) is 4.77. The van der Waals surface area contributed by atoms with E-state index in [2.05, 4.69) is 17.6 Å². The van der Waals surface area contributed by atoms with Crippen LogP contribution in [-0.4, -0.2) is 17.4 Å². The predicted octanol–water partition coefficient (Wildman–Crippen LogP) is 5.19. The third kappa shape index (κ3) is 3.65. The van der Waals surface area contributed by atoms with Crippen molar-refractivity contribution >= 4 is 28.1 Å². The Kier molecular flexibility index (Phi) is 5.26. The van der Waals surface area contributed by atoms with Crippen molar-refractivity contribution in [1.82, 2.24) is 10.3 Å². The van der Waals surface area contributed by atoms with Gasteiger partial charge in [-0.25, -0.2) is 4.98 Å². The SMILES string of the molecule is CCCCCNC(=O)c1cc(-c2ccsc2)nc2ccc(C)cc12. The molecule has 0 unspecified atom stereocenters. The lowest BCUT2D eigenvalue weighted by molar-refractivity contribution is 0.0954. The maximum absolute atomic E-state index is 12.7. The number of benzene rings is 1. The van der Waals surface area contributed by atoms with Gasteiger partial charge in [0.2, 0.25) is 0 Å². The second kappa shape index (κ2) is 7.58. The largest absolute Gasteiger partial charge is 0.352 e. The van der Waals surface area contributed by atoms with Gasteiger partial charge >= 0.3 is 0 Å². The smallest absolute Gasteiger partial charge is 0.252 e. The van der Waals surface area contributed by atoms with Gasteiger partial charge in [-0.3, -0.25) is 4.79 Å². The fourth-order valence-corrected chi connectivity index (χ4v) is 3.41. The highest BCUT2D eigenvalue weighted by molar-refractivity contribution is 7.08. The Morgan fingerprint density at radius 3 is 2.83 bits per heavy atom. The predicted molar refractivity (Wildman–Crippen MR) is 102 cm³/mol. The van der Waals surface area contributed by atoms with Crippen molar-refractivity contribution < 1.29 is 4.79 Å². The van der Waals surface area contributed by atoms with E-state index in [0.717, 1.165) is 53.5 Å². The molecule has 0 saturated heterocycles. The van der Waals surface area contributed by atoms with Gasteiger partial charge in [0.25, 0.3) is 5.91 Å². The number of thiophene rings is 1. The maximum atomic E-state index is 12.7. The Bertz CT molecular complexity index is 840. The second-order valence-corrected chi connectivity index (χ2v) is 6.83. The van der Waals surface area contributed by atoms with Crippen LogP contribution in [0.2, 0.25) is 0 Å². The maximum Gasteiger partial charge on any atom is 0.252 e. The first-order valence-electron chi connectivity index (χ1n) is 8.41. The summed E-state index contributed by atoms with van der Waals surface area (Å²) in [5.41, 5.74) is 4.62. The molecule has 1 aromatic carbocycles. The molecule has 0 aliphatic carbocycles. The number of hydrogen-bond donors (Lipinski definition) is 1. The van der Waals surface area contributed by atoms with Gasteiger partial charge < -0.3 is 5.32 Å². The van der Waals surface area contributed by atoms with E-state index in [0.29, 0.717) is 5.56 Å². The van der Waals surface area contributed by atoms with Gasteiger partial charge in [0.1, 0.15) is 0 Å². The minimum atomic E-state index is -0.0133. The number of amides is 1. The summed E-state index contributed by atoms with van der Waals surface area (Å²) in [5.74, 6) is -0.0133. The second-order valence-electron chi connectivity index (χ2n) is 6.05. The van der Waals surface area contributed by atoms with Crippen molar-refractivity contribution in [2.24, 2.45) is 0 Å². The molecule has 3 rings (SSSR count). The molecule has 0 bridgehead atoms. The van der Waals surface area contributed by atoms with Gasteiger partial charge in [-0.15, -0.1) is 0 Å². The number of aromatic nitrogens is 1. The van der Waals surface area contributed by atoms with Crippen molar-refractivity contribution in [3.05, 3.63) is 52.2 Å². The van der Waals surface area contributed by atoms with Crippen molar-refractivity contribution in [2.75, 3.05) is 6.54 Å². The molecule has 3 nitrogen and oxygen atoms in total. The molecule has 4 heteroatoms. The first-order chi connectivity index (χ1) is 11.7. The molecular weight excluding hydrogens is 316 g/mol. The molecule has 0 fully saturated rings. The average molecular weight is 338 g/mol. The molecule has 1 amide bonds. The first kappa shape index (κ1) is 16.7. The van der Waals surface area contributed by atoms with Crippen LogP contribution in [0.4, 0.5) is 0 Å². The molecule has 0 atom stereocenters. The lowest BCUT2D eigenvalue weighted by Crippen LogP contribution is -2.24. The number of rotatable bonds is 6. The van der Waals surface area contributed by atoms with Crippen LogP contribution < -0.4 is 5.32 Å². The zero-order valence-electron chi connectivity index (χ0n) is 14.1. The van der Waals surface area contributed by atoms with Gasteiger partial charge in [0.05, 0.1) is 16.8 Å². The van der Waals surface area contributed by atoms with Gasteiger partial charge in [-0.2, -0.15) is 11.3 Å². The van der Waals surface area contributed by atoms with Gasteiger partial charge in [-0.1, -0.05) is 31.4 Å². The molecule has 124 valence electrons. The highest BCUT2D eigenvalue weighted by Gasteiger charge is 2.14. The summed E-state index contributed by atoms with van der Waals surface area (Å²) in [5, 5.41) is 8.06. The molecule has 24 heavy (non-hydrogen) atoms. The summed E-state index contributed by atoms with van der Waals surface area (Å²) in [6.07, 6.45) is 3.30. The van der Waals surface area contributed by atoms with Gasteiger partial charge in [0.15, 0.2) is 0 Å². The number of hydrogen-bond acceptors (Lipinski definition) is 3. The third-order valence-electron chi connectivity index (χ3n) is 4.09. The quantitative estimate of drug-likeness (QED) is 0.628. The van der Waals surface area contributed by atoms with Crippen molar-refractivity contribution in [3.63, 3.8) is 0 Å². The Morgan fingerprint density at radius 2 is 2.08 bits per heavy atom. The van der Waals surface area contributed by atoms with Crippen LogP contribution in [0.1, 0.15) is 42.1 Å². The molecule has 0 saturated carbocycles. The van der Waals surface area contributed by atoms with Crippen LogP contribution >= 0.6 is 11.3 Å². The Morgan fingerprint density at radius 1 is 1.21 bits per heavy atom. The number of aryl methyl sites for hydroxylation is 1. The Balaban J connectivity index is 2.00. The van der Waals surface area contributed by atoms with E-state index in [1.807, 2.05) is 42.6 Å². The van der Waals surface area contributed by atoms with Crippen LogP contribution in [0.25, 0.3) is 22.2 Å². The number of pyridine rings is 1. The van der Waals surface area contributed by atoms with Gasteiger partial charge in [-0.05, 0) is 43.0 Å². The van der Waals surface area contributed by atoms with E-state index in [1.165, 1.54) is 0 Å². The molecule has 2 aromatic heterocycles. The summed E-state index contributed by atoms with van der Waals surface area (Å²) < 4.78 is 0. The van der Waals surface area contributed by atoms with Crippen LogP contribution in [0.5, 0.6) is 0 Å². The molecule has 0 spiro atoms. The van der Waals surface area contributed by atoms with Crippen LogP contribution in [0, 0.1) is 6.92 Å². The van der Waals surface area contributed by atoms with Crippen LogP contribution in [-0.2, 0) is 0 Å². The molecule has 3 aromatic rings. The first-order valence-corrected chi connectivity index (χ1v) is 9.35. The number of nitrogens with one attached hydrogen (secondary N) is 1. The van der Waals surface area contributed by atoms with E-state index in [4.69, 9.17) is 4.98 Å². The monoisotopic (exact) mass is 338 g/mol. The number of carbonyl (C=O) groups is 1. The summed E-state index contributed by atoms with van der Waals surface area (Å²) in [6, 6.07) is 10.0. The van der Waals surface area contributed by atoms with Crippen LogP contribution in [0.3, 0.4) is 0 Å². The number of carbonyl (C=O) groups excluding carboxylic acids is 1. The van der Waals surface area contributed by atoms with Gasteiger partial charge in [0, 0.05) is 22.9 Å². The zero-order valence-corrected chi connectivity index (χ0v) is 15.0.